The molecule has 0 fully saturated rings. The largest absolute Gasteiger partial charge is 0.493 e. The van der Waals surface area contributed by atoms with Crippen LogP contribution in [0.2, 0.25) is 0 Å². The normalized spacial score (nSPS) is 13.0. The molecule has 3 rings (SSSR count). The predicted molar refractivity (Wildman–Crippen MR) is 109 cm³/mol. The van der Waals surface area contributed by atoms with Crippen LogP contribution in [0, 0.1) is 0 Å². The minimum absolute atomic E-state index is 0.414. The van der Waals surface area contributed by atoms with Crippen molar-refractivity contribution in [3.8, 4) is 11.5 Å². The van der Waals surface area contributed by atoms with E-state index in [0.29, 0.717) is 26.1 Å². The molecule has 152 valence electrons. The number of fused-ring (bicyclic) bond motifs is 1. The first-order chi connectivity index (χ1) is 13.7. The first-order valence-electron chi connectivity index (χ1n) is 9.57. The quantitative estimate of drug-likeness (QED) is 0.705. The number of ether oxygens (including phenoxy) is 3. The summed E-state index contributed by atoms with van der Waals surface area (Å²) in [6, 6.07) is 10.8. The molecule has 0 saturated heterocycles. The molecule has 1 aromatic heterocycles. The molecule has 0 aliphatic carbocycles. The molecule has 28 heavy (non-hydrogen) atoms. The maximum absolute atomic E-state index is 11.4. The number of rotatable bonds is 7. The van der Waals surface area contributed by atoms with E-state index < -0.39 is 12.0 Å². The van der Waals surface area contributed by atoms with E-state index >= 15 is 0 Å². The molecule has 1 aliphatic heterocycles. The Morgan fingerprint density at radius 3 is 2.71 bits per heavy atom. The van der Waals surface area contributed by atoms with Crippen molar-refractivity contribution in [3.63, 3.8) is 0 Å². The number of carbonyl (C=O) groups excluding carboxylic acids is 1. The van der Waals surface area contributed by atoms with Crippen molar-refractivity contribution in [2.45, 2.75) is 32.7 Å². The number of nitrogens with two attached hydrogens (primary N) is 1. The molecular formula is C21H29N3O4. The van der Waals surface area contributed by atoms with Gasteiger partial charge in [0.2, 0.25) is 0 Å². The third-order valence-corrected chi connectivity index (χ3v) is 4.08. The minimum atomic E-state index is -0.653. The molecule has 0 spiro atoms. The number of hydrogen-bond donors (Lipinski definition) is 2. The molecule has 1 aliphatic rings. The second-order valence-corrected chi connectivity index (χ2v) is 6.00. The molecular weight excluding hydrogens is 358 g/mol. The summed E-state index contributed by atoms with van der Waals surface area (Å²) in [4.78, 5) is 15.9. The van der Waals surface area contributed by atoms with E-state index in [1.54, 1.807) is 0 Å². The number of methoxy groups -OCH3 is 1. The van der Waals surface area contributed by atoms with E-state index in [9.17, 15) is 4.79 Å². The van der Waals surface area contributed by atoms with Gasteiger partial charge in [0, 0.05) is 12.1 Å². The van der Waals surface area contributed by atoms with Crippen LogP contribution in [-0.2, 0) is 22.4 Å². The van der Waals surface area contributed by atoms with Crippen LogP contribution in [0.5, 0.6) is 11.5 Å². The standard InChI is InChI=1S/C19H23N3O4.C2H6/c1-24-19(23)16(20)12-13-2-5-15(6-3-13)25-10-8-14-4-7-17-18(22-14)21-9-11-26-17;1-2/h2-7,16H,8-12,20H2,1H3,(H,21,22);1-2H3. The highest BCUT2D eigenvalue weighted by atomic mass is 16.5. The molecule has 0 amide bonds. The Kier molecular flexibility index (Phi) is 8.55. The Hall–Kier alpha value is -2.80. The molecule has 7 nitrogen and oxygen atoms in total. The number of benzene rings is 1. The lowest BCUT2D eigenvalue weighted by Gasteiger charge is -2.18. The van der Waals surface area contributed by atoms with E-state index in [4.69, 9.17) is 15.2 Å². The van der Waals surface area contributed by atoms with Gasteiger partial charge in [-0.15, -0.1) is 0 Å². The number of aromatic nitrogens is 1. The van der Waals surface area contributed by atoms with Crippen molar-refractivity contribution < 1.29 is 19.0 Å². The Bertz CT molecular complexity index is 750. The van der Waals surface area contributed by atoms with Crippen LogP contribution in [-0.4, -0.2) is 43.9 Å². The number of nitrogens with one attached hydrogen (secondary N) is 1. The van der Waals surface area contributed by atoms with Crippen LogP contribution in [0.3, 0.4) is 0 Å². The fraction of sp³-hybridized carbons (Fsp3) is 0.429. The number of hydrogen-bond acceptors (Lipinski definition) is 7. The fourth-order valence-electron chi connectivity index (χ4n) is 2.68. The second kappa shape index (κ2) is 11.1. The number of nitrogens with zero attached hydrogens (tertiary/aromatic N) is 1. The van der Waals surface area contributed by atoms with E-state index in [2.05, 4.69) is 15.0 Å². The molecule has 1 unspecified atom stereocenters. The van der Waals surface area contributed by atoms with Crippen LogP contribution in [0.25, 0.3) is 0 Å². The van der Waals surface area contributed by atoms with E-state index in [1.165, 1.54) is 7.11 Å². The highest BCUT2D eigenvalue weighted by molar-refractivity contribution is 5.75. The highest BCUT2D eigenvalue weighted by Crippen LogP contribution is 2.25. The molecule has 0 bridgehead atoms. The third kappa shape index (κ3) is 6.13. The van der Waals surface area contributed by atoms with Gasteiger partial charge in [0.05, 0.1) is 20.3 Å². The SMILES string of the molecule is CC.COC(=O)C(N)Cc1ccc(OCCc2ccc3c(n2)NCCO3)cc1. The number of esters is 1. The van der Waals surface area contributed by atoms with Crippen LogP contribution in [0.4, 0.5) is 5.82 Å². The van der Waals surface area contributed by atoms with Crippen LogP contribution in [0.1, 0.15) is 25.1 Å². The van der Waals surface area contributed by atoms with Gasteiger partial charge in [0.1, 0.15) is 18.4 Å². The summed E-state index contributed by atoms with van der Waals surface area (Å²) in [6.45, 7) is 5.96. The lowest BCUT2D eigenvalue weighted by atomic mass is 10.1. The van der Waals surface area contributed by atoms with Gasteiger partial charge in [-0.1, -0.05) is 26.0 Å². The number of carbonyl (C=O) groups is 1. The maximum atomic E-state index is 11.4. The summed E-state index contributed by atoms with van der Waals surface area (Å²) in [6.07, 6.45) is 1.13. The Morgan fingerprint density at radius 1 is 1.25 bits per heavy atom. The minimum Gasteiger partial charge on any atom is -0.493 e. The third-order valence-electron chi connectivity index (χ3n) is 4.08. The van der Waals surface area contributed by atoms with Gasteiger partial charge < -0.3 is 25.3 Å². The van der Waals surface area contributed by atoms with Crippen molar-refractivity contribution in [3.05, 3.63) is 47.7 Å². The topological polar surface area (TPSA) is 95.7 Å². The molecule has 0 saturated carbocycles. The van der Waals surface area contributed by atoms with Crippen molar-refractivity contribution >= 4 is 11.8 Å². The zero-order valence-electron chi connectivity index (χ0n) is 16.7. The summed E-state index contributed by atoms with van der Waals surface area (Å²) in [5.74, 6) is 1.93. The van der Waals surface area contributed by atoms with Crippen molar-refractivity contribution in [1.82, 2.24) is 4.98 Å². The van der Waals surface area contributed by atoms with Crippen molar-refractivity contribution in [2.24, 2.45) is 5.73 Å². The molecule has 0 radical (unpaired) electrons. The summed E-state index contributed by atoms with van der Waals surface area (Å²) >= 11 is 0. The average Bonchev–Trinajstić information content (AvgIpc) is 2.75. The fourth-order valence-corrected chi connectivity index (χ4v) is 2.68. The van der Waals surface area contributed by atoms with Crippen LogP contribution < -0.4 is 20.5 Å². The Morgan fingerprint density at radius 2 is 2.00 bits per heavy atom. The van der Waals surface area contributed by atoms with Gasteiger partial charge in [-0.2, -0.15) is 0 Å². The smallest absolute Gasteiger partial charge is 0.322 e. The predicted octanol–water partition coefficient (Wildman–Crippen LogP) is 2.58. The zero-order valence-corrected chi connectivity index (χ0v) is 16.7. The van der Waals surface area contributed by atoms with Gasteiger partial charge in [0.15, 0.2) is 11.6 Å². The lowest BCUT2D eigenvalue weighted by Crippen LogP contribution is -2.33. The first kappa shape index (κ1) is 21.5. The maximum Gasteiger partial charge on any atom is 0.322 e. The first-order valence-corrected chi connectivity index (χ1v) is 9.57. The zero-order chi connectivity index (χ0) is 20.4. The molecule has 3 N–H and O–H groups in total. The summed E-state index contributed by atoms with van der Waals surface area (Å²) in [5, 5.41) is 3.22. The molecule has 1 atom stereocenters. The van der Waals surface area contributed by atoms with E-state index in [1.807, 2.05) is 50.2 Å². The highest BCUT2D eigenvalue weighted by Gasteiger charge is 2.14. The van der Waals surface area contributed by atoms with Gasteiger partial charge in [-0.05, 0) is 36.2 Å². The lowest BCUT2D eigenvalue weighted by molar-refractivity contribution is -0.142. The molecule has 7 heteroatoms. The molecule has 2 aromatic rings. The van der Waals surface area contributed by atoms with E-state index in [0.717, 1.165) is 35.1 Å². The van der Waals surface area contributed by atoms with E-state index in [-0.39, 0.29) is 0 Å². The second-order valence-electron chi connectivity index (χ2n) is 6.00. The van der Waals surface area contributed by atoms with Gasteiger partial charge in [-0.3, -0.25) is 4.79 Å². The van der Waals surface area contributed by atoms with Gasteiger partial charge >= 0.3 is 5.97 Å². The summed E-state index contributed by atoms with van der Waals surface area (Å²) < 4.78 is 15.9. The van der Waals surface area contributed by atoms with Crippen molar-refractivity contribution in [1.29, 1.82) is 0 Å². The molecule has 2 heterocycles. The summed E-state index contributed by atoms with van der Waals surface area (Å²) in [7, 11) is 1.33. The molecule has 1 aromatic carbocycles. The van der Waals surface area contributed by atoms with Gasteiger partial charge in [-0.25, -0.2) is 4.98 Å². The summed E-state index contributed by atoms with van der Waals surface area (Å²) in [5.41, 5.74) is 7.67. The number of anilines is 1. The number of pyridine rings is 1. The van der Waals surface area contributed by atoms with Gasteiger partial charge in [0.25, 0.3) is 0 Å². The Balaban J connectivity index is 0.00000136. The Labute approximate surface area is 166 Å². The van der Waals surface area contributed by atoms with Crippen molar-refractivity contribution in [2.75, 3.05) is 32.2 Å². The van der Waals surface area contributed by atoms with Crippen LogP contribution in [0.15, 0.2) is 36.4 Å². The monoisotopic (exact) mass is 387 g/mol. The van der Waals surface area contributed by atoms with Crippen LogP contribution >= 0.6 is 0 Å². The average molecular weight is 387 g/mol.